The summed E-state index contributed by atoms with van der Waals surface area (Å²) in [5, 5.41) is 26.1. The second-order valence-corrected chi connectivity index (χ2v) is 12.0. The number of hydrogen-bond donors (Lipinski definition) is 0. The topological polar surface area (TPSA) is 60.7 Å². The van der Waals surface area contributed by atoms with E-state index >= 15 is 0 Å². The van der Waals surface area contributed by atoms with Gasteiger partial charge in [0, 0.05) is 43.7 Å². The number of anilines is 3. The highest BCUT2D eigenvalue weighted by Gasteiger charge is 2.30. The third-order valence-corrected chi connectivity index (χ3v) is 9.67. The number of rotatable bonds is 2. The van der Waals surface area contributed by atoms with Gasteiger partial charge in [0.2, 0.25) is 0 Å². The molecular formula is C42H23N5. The molecule has 5 heteroatoms. The van der Waals surface area contributed by atoms with Crippen LogP contribution in [0.5, 0.6) is 0 Å². The van der Waals surface area contributed by atoms with Gasteiger partial charge in [-0.2, -0.15) is 10.5 Å². The van der Waals surface area contributed by atoms with Crippen LogP contribution in [-0.4, -0.2) is 9.13 Å². The predicted octanol–water partition coefficient (Wildman–Crippen LogP) is 10.6. The smallest absolute Gasteiger partial charge is 0.0991 e. The third-order valence-electron chi connectivity index (χ3n) is 9.67. The van der Waals surface area contributed by atoms with Crippen molar-refractivity contribution in [2.45, 2.75) is 0 Å². The van der Waals surface area contributed by atoms with Crippen LogP contribution < -0.4 is 4.90 Å². The minimum atomic E-state index is 0.630. The lowest BCUT2D eigenvalue weighted by Crippen LogP contribution is -2.18. The largest absolute Gasteiger partial charge is 0.309 e. The lowest BCUT2D eigenvalue weighted by Gasteiger charge is -2.34. The summed E-state index contributed by atoms with van der Waals surface area (Å²) >= 11 is 0. The summed E-state index contributed by atoms with van der Waals surface area (Å²) in [5.74, 6) is 0. The predicted molar refractivity (Wildman–Crippen MR) is 190 cm³/mol. The molecule has 2 aromatic heterocycles. The summed E-state index contributed by atoms with van der Waals surface area (Å²) < 4.78 is 4.74. The van der Waals surface area contributed by atoms with Gasteiger partial charge in [-0.25, -0.2) is 0 Å². The summed E-state index contributed by atoms with van der Waals surface area (Å²) in [6, 6.07) is 53.0. The third kappa shape index (κ3) is 3.35. The fraction of sp³-hybridized carbons (Fsp3) is 0. The van der Waals surface area contributed by atoms with Crippen LogP contribution in [0.15, 0.2) is 140 Å². The van der Waals surface area contributed by atoms with E-state index in [0.29, 0.717) is 11.1 Å². The summed E-state index contributed by atoms with van der Waals surface area (Å²) in [6.45, 7) is 0. The normalized spacial score (nSPS) is 12.2. The zero-order valence-electron chi connectivity index (χ0n) is 25.0. The standard InChI is InChI=1S/C42H23N5/c43-24-26-12-16-28(17-13-26)45-36-9-3-1-7-31(36)33-20-21-35-34(40(33)45)22-23-39-41(35)46(29-18-14-27(25-44)15-19-29)38-11-5-8-32-30-6-2-4-10-37(30)47(39)42(32)38/h1-23H. The zero-order valence-corrected chi connectivity index (χ0v) is 25.0. The van der Waals surface area contributed by atoms with Gasteiger partial charge in [0.25, 0.3) is 0 Å². The van der Waals surface area contributed by atoms with E-state index in [0.717, 1.165) is 55.8 Å². The highest BCUT2D eigenvalue weighted by molar-refractivity contribution is 6.24. The van der Waals surface area contributed by atoms with Crippen LogP contribution in [0.3, 0.4) is 0 Å². The van der Waals surface area contributed by atoms with E-state index in [1.165, 1.54) is 27.1 Å². The fourth-order valence-electron chi connectivity index (χ4n) is 7.71. The average molecular weight is 598 g/mol. The molecule has 47 heavy (non-hydrogen) atoms. The molecule has 0 atom stereocenters. The van der Waals surface area contributed by atoms with Crippen LogP contribution >= 0.6 is 0 Å². The molecule has 3 heterocycles. The van der Waals surface area contributed by atoms with Gasteiger partial charge in [-0.05, 0) is 72.8 Å². The van der Waals surface area contributed by atoms with E-state index in [-0.39, 0.29) is 0 Å². The van der Waals surface area contributed by atoms with Crippen LogP contribution in [0.25, 0.3) is 65.8 Å². The molecule has 9 aromatic rings. The molecule has 1 aliphatic rings. The number of aromatic nitrogens is 2. The monoisotopic (exact) mass is 597 g/mol. The highest BCUT2D eigenvalue weighted by Crippen LogP contribution is 2.53. The van der Waals surface area contributed by atoms with Gasteiger partial charge in [-0.3, -0.25) is 0 Å². The number of benzene rings is 7. The first kappa shape index (κ1) is 25.5. The molecule has 0 unspecified atom stereocenters. The Hall–Kier alpha value is -6.82. The molecule has 0 spiro atoms. The minimum Gasteiger partial charge on any atom is -0.309 e. The molecule has 0 saturated heterocycles. The maximum Gasteiger partial charge on any atom is 0.0991 e. The van der Waals surface area contributed by atoms with Gasteiger partial charge in [0.1, 0.15) is 0 Å². The number of nitriles is 2. The molecule has 0 N–H and O–H groups in total. The quantitative estimate of drug-likeness (QED) is 0.199. The van der Waals surface area contributed by atoms with Crippen LogP contribution in [0, 0.1) is 22.7 Å². The van der Waals surface area contributed by atoms with Crippen molar-refractivity contribution in [1.29, 1.82) is 10.5 Å². The zero-order chi connectivity index (χ0) is 31.2. The van der Waals surface area contributed by atoms with Gasteiger partial charge in [0.05, 0.1) is 62.4 Å². The first-order chi connectivity index (χ1) is 23.2. The Morgan fingerprint density at radius 1 is 0.383 bits per heavy atom. The molecule has 216 valence electrons. The summed E-state index contributed by atoms with van der Waals surface area (Å²) in [5.41, 5.74) is 11.1. The molecule has 10 rings (SSSR count). The molecular weight excluding hydrogens is 574 g/mol. The molecule has 0 saturated carbocycles. The van der Waals surface area contributed by atoms with Crippen molar-refractivity contribution in [2.75, 3.05) is 4.90 Å². The van der Waals surface area contributed by atoms with Crippen molar-refractivity contribution in [2.24, 2.45) is 0 Å². The second kappa shape index (κ2) is 9.34. The van der Waals surface area contributed by atoms with Crippen molar-refractivity contribution in [3.8, 4) is 23.5 Å². The van der Waals surface area contributed by atoms with Crippen molar-refractivity contribution >= 4 is 71.4 Å². The Morgan fingerprint density at radius 3 is 1.60 bits per heavy atom. The summed E-state index contributed by atoms with van der Waals surface area (Å²) in [6.07, 6.45) is 0. The van der Waals surface area contributed by atoms with Gasteiger partial charge >= 0.3 is 0 Å². The van der Waals surface area contributed by atoms with Crippen molar-refractivity contribution < 1.29 is 0 Å². The molecule has 0 amide bonds. The van der Waals surface area contributed by atoms with Crippen molar-refractivity contribution in [3.05, 3.63) is 151 Å². The highest BCUT2D eigenvalue weighted by atomic mass is 15.2. The van der Waals surface area contributed by atoms with E-state index < -0.39 is 0 Å². The van der Waals surface area contributed by atoms with Crippen LogP contribution in [0.4, 0.5) is 17.1 Å². The first-order valence-corrected chi connectivity index (χ1v) is 15.6. The van der Waals surface area contributed by atoms with E-state index in [2.05, 4.69) is 117 Å². The van der Waals surface area contributed by atoms with Crippen LogP contribution in [-0.2, 0) is 0 Å². The molecule has 0 bridgehead atoms. The number of hydrogen-bond acceptors (Lipinski definition) is 3. The van der Waals surface area contributed by atoms with Gasteiger partial charge in [-0.1, -0.05) is 66.7 Å². The Labute approximate surface area is 269 Å². The molecule has 0 fully saturated rings. The van der Waals surface area contributed by atoms with E-state index in [1.807, 2.05) is 48.5 Å². The lowest BCUT2D eigenvalue weighted by molar-refractivity contribution is 1.12. The summed E-state index contributed by atoms with van der Waals surface area (Å²) in [7, 11) is 0. The van der Waals surface area contributed by atoms with Crippen LogP contribution in [0.1, 0.15) is 11.1 Å². The molecule has 7 aromatic carbocycles. The summed E-state index contributed by atoms with van der Waals surface area (Å²) in [4.78, 5) is 2.36. The average Bonchev–Trinajstić information content (AvgIpc) is 3.66. The Bertz CT molecular complexity index is 2860. The Morgan fingerprint density at radius 2 is 0.915 bits per heavy atom. The molecule has 0 radical (unpaired) electrons. The van der Waals surface area contributed by atoms with E-state index in [1.54, 1.807) is 0 Å². The van der Waals surface area contributed by atoms with E-state index in [4.69, 9.17) is 0 Å². The maximum atomic E-state index is 9.60. The van der Waals surface area contributed by atoms with Crippen molar-refractivity contribution in [1.82, 2.24) is 9.13 Å². The van der Waals surface area contributed by atoms with Crippen molar-refractivity contribution in [3.63, 3.8) is 0 Å². The second-order valence-electron chi connectivity index (χ2n) is 12.0. The van der Waals surface area contributed by atoms with Gasteiger partial charge in [0.15, 0.2) is 0 Å². The number of nitrogens with zero attached hydrogens (tertiary/aromatic N) is 5. The van der Waals surface area contributed by atoms with Gasteiger partial charge < -0.3 is 14.0 Å². The van der Waals surface area contributed by atoms with Crippen LogP contribution in [0.2, 0.25) is 0 Å². The SMILES string of the molecule is N#Cc1ccc(N2c3c(ccc4c3ccc3c5ccccc5n(-c5ccc(C#N)cc5)c43)-n3c4ccccc4c4cccc2c43)cc1. The Kier molecular flexibility index (Phi) is 5.07. The molecule has 0 aliphatic carbocycles. The fourth-order valence-corrected chi connectivity index (χ4v) is 7.71. The minimum absolute atomic E-state index is 0.630. The lowest BCUT2D eigenvalue weighted by atomic mass is 9.99. The number of para-hydroxylation sites is 3. The molecule has 1 aliphatic heterocycles. The number of fused-ring (bicyclic) bond motifs is 11. The van der Waals surface area contributed by atoms with Gasteiger partial charge in [-0.15, -0.1) is 0 Å². The van der Waals surface area contributed by atoms with E-state index in [9.17, 15) is 10.5 Å². The first-order valence-electron chi connectivity index (χ1n) is 15.6. The maximum absolute atomic E-state index is 9.60. The Balaban J connectivity index is 1.38. The molecule has 5 nitrogen and oxygen atoms in total.